The summed E-state index contributed by atoms with van der Waals surface area (Å²) in [4.78, 5) is 0. The molecular weight excluding hydrogens is 302 g/mol. The van der Waals surface area contributed by atoms with Gasteiger partial charge in [0.1, 0.15) is 0 Å². The van der Waals surface area contributed by atoms with Gasteiger partial charge in [-0.1, -0.05) is 83.6 Å². The Morgan fingerprint density at radius 2 is 1.96 bits per heavy atom. The van der Waals surface area contributed by atoms with Gasteiger partial charge in [-0.15, -0.1) is 0 Å². The molecule has 0 saturated heterocycles. The summed E-state index contributed by atoms with van der Waals surface area (Å²) in [7, 11) is 0. The summed E-state index contributed by atoms with van der Waals surface area (Å²) in [6.45, 7) is 17.4. The van der Waals surface area contributed by atoms with Crippen LogP contribution in [-0.2, 0) is 0 Å². The Balaban J connectivity index is 3.09. The van der Waals surface area contributed by atoms with Crippen molar-refractivity contribution < 1.29 is 0 Å². The second-order valence-electron chi connectivity index (χ2n) is 8.94. The van der Waals surface area contributed by atoms with Crippen LogP contribution in [0.5, 0.6) is 0 Å². The highest BCUT2D eigenvalue weighted by Crippen LogP contribution is 2.54. The highest BCUT2D eigenvalue weighted by Gasteiger charge is 2.50. The lowest BCUT2D eigenvalue weighted by Crippen LogP contribution is -2.54. The largest absolute Gasteiger partial charge is 0.307 e. The van der Waals surface area contributed by atoms with Crippen molar-refractivity contribution in [2.24, 2.45) is 17.3 Å². The highest BCUT2D eigenvalue weighted by atomic mass is 15.0. The summed E-state index contributed by atoms with van der Waals surface area (Å²) in [5.74, 6) is 1.43. The third-order valence-electron chi connectivity index (χ3n) is 6.76. The molecule has 0 fully saturated rings. The van der Waals surface area contributed by atoms with Crippen LogP contribution in [0.25, 0.3) is 0 Å². The van der Waals surface area contributed by atoms with Crippen molar-refractivity contribution in [3.05, 3.63) is 23.8 Å². The lowest BCUT2D eigenvalue weighted by molar-refractivity contribution is 0.0415. The number of allylic oxidation sites excluding steroid dienone is 2. The molecule has 0 radical (unpaired) electrons. The molecule has 0 aromatic carbocycles. The van der Waals surface area contributed by atoms with E-state index < -0.39 is 0 Å². The monoisotopic (exact) mass is 347 g/mol. The van der Waals surface area contributed by atoms with Gasteiger partial charge in [-0.2, -0.15) is 0 Å². The molecule has 0 amide bonds. The molecule has 25 heavy (non-hydrogen) atoms. The summed E-state index contributed by atoms with van der Waals surface area (Å²) in [5.41, 5.74) is 2.05. The molecule has 4 atom stereocenters. The van der Waals surface area contributed by atoms with Gasteiger partial charge in [-0.05, 0) is 51.4 Å². The van der Waals surface area contributed by atoms with Gasteiger partial charge in [0, 0.05) is 18.0 Å². The molecular formula is C24H45N. The van der Waals surface area contributed by atoms with Crippen molar-refractivity contribution in [3.8, 4) is 0 Å². The van der Waals surface area contributed by atoms with Crippen molar-refractivity contribution >= 4 is 0 Å². The lowest BCUT2D eigenvalue weighted by atomic mass is 9.58. The molecule has 0 saturated carbocycles. The normalized spacial score (nSPS) is 26.4. The molecule has 1 nitrogen and oxygen atoms in total. The zero-order valence-electron chi connectivity index (χ0n) is 18.3. The van der Waals surface area contributed by atoms with Crippen molar-refractivity contribution in [2.45, 2.75) is 105 Å². The van der Waals surface area contributed by atoms with Crippen molar-refractivity contribution in [1.29, 1.82) is 0 Å². The Morgan fingerprint density at radius 3 is 2.52 bits per heavy atom. The van der Waals surface area contributed by atoms with Gasteiger partial charge in [0.05, 0.1) is 0 Å². The number of rotatable bonds is 12. The van der Waals surface area contributed by atoms with Gasteiger partial charge in [0.15, 0.2) is 0 Å². The zero-order chi connectivity index (χ0) is 18.9. The summed E-state index contributed by atoms with van der Waals surface area (Å²) in [6, 6.07) is 0. The first-order valence-electron chi connectivity index (χ1n) is 10.9. The molecule has 1 aliphatic carbocycles. The van der Waals surface area contributed by atoms with E-state index in [0.717, 1.165) is 12.5 Å². The molecule has 1 N–H and O–H groups in total. The quantitative estimate of drug-likeness (QED) is 0.289. The van der Waals surface area contributed by atoms with Gasteiger partial charge in [-0.25, -0.2) is 0 Å². The van der Waals surface area contributed by atoms with Gasteiger partial charge < -0.3 is 5.32 Å². The summed E-state index contributed by atoms with van der Waals surface area (Å²) < 4.78 is 0. The Labute approximate surface area is 158 Å². The first-order valence-corrected chi connectivity index (χ1v) is 10.9. The van der Waals surface area contributed by atoms with Crippen LogP contribution in [0.4, 0.5) is 0 Å². The van der Waals surface area contributed by atoms with Crippen LogP contribution < -0.4 is 5.32 Å². The molecule has 0 heterocycles. The van der Waals surface area contributed by atoms with Gasteiger partial charge in [0.25, 0.3) is 0 Å². The van der Waals surface area contributed by atoms with Crippen LogP contribution in [0.3, 0.4) is 0 Å². The maximum absolute atomic E-state index is 3.97. The minimum absolute atomic E-state index is 0.198. The Kier molecular flexibility index (Phi) is 9.49. The van der Waals surface area contributed by atoms with Gasteiger partial charge >= 0.3 is 0 Å². The molecule has 0 aromatic heterocycles. The average molecular weight is 348 g/mol. The Hall–Kier alpha value is -0.560. The molecule has 0 aliphatic heterocycles. The molecule has 1 heteroatoms. The molecule has 0 bridgehead atoms. The standard InChI is InChI=1S/C24H45N/c1-8-11-12-17-24(21(6)10-3)18-13-14-22(24)23(7,16-9-2)25-19-15-20(4)5/h13-15,21-22,25H,8-12,16-19H2,1-7H3/t21?,22-,23+,24-/m0/s1. The second kappa shape index (κ2) is 10.6. The predicted octanol–water partition coefficient (Wildman–Crippen LogP) is 7.29. The van der Waals surface area contributed by atoms with Crippen LogP contribution in [0, 0.1) is 17.3 Å². The fourth-order valence-electron chi connectivity index (χ4n) is 5.07. The van der Waals surface area contributed by atoms with Crippen LogP contribution in [-0.4, -0.2) is 12.1 Å². The lowest BCUT2D eigenvalue weighted by Gasteiger charge is -2.50. The maximum atomic E-state index is 3.97. The number of unbranched alkanes of at least 4 members (excludes halogenated alkanes) is 2. The van der Waals surface area contributed by atoms with Gasteiger partial charge in [0.2, 0.25) is 0 Å². The van der Waals surface area contributed by atoms with Crippen LogP contribution in [0.15, 0.2) is 23.8 Å². The molecule has 1 aliphatic rings. The average Bonchev–Trinajstić information content (AvgIpc) is 3.00. The second-order valence-corrected chi connectivity index (χ2v) is 8.94. The fraction of sp³-hybridized carbons (Fsp3) is 0.833. The van der Waals surface area contributed by atoms with E-state index in [1.165, 1.54) is 56.9 Å². The van der Waals surface area contributed by atoms with Crippen molar-refractivity contribution in [3.63, 3.8) is 0 Å². The molecule has 0 spiro atoms. The Bertz CT molecular complexity index is 431. The number of nitrogens with one attached hydrogen (secondary N) is 1. The first-order chi connectivity index (χ1) is 11.9. The molecule has 1 rings (SSSR count). The predicted molar refractivity (Wildman–Crippen MR) is 114 cm³/mol. The minimum atomic E-state index is 0.198. The van der Waals surface area contributed by atoms with E-state index in [1.54, 1.807) is 0 Å². The van der Waals surface area contributed by atoms with E-state index in [4.69, 9.17) is 0 Å². The van der Waals surface area contributed by atoms with Crippen LogP contribution in [0.1, 0.15) is 99.8 Å². The van der Waals surface area contributed by atoms with Gasteiger partial charge in [-0.3, -0.25) is 0 Å². The third-order valence-corrected chi connectivity index (χ3v) is 6.76. The van der Waals surface area contributed by atoms with E-state index in [9.17, 15) is 0 Å². The third kappa shape index (κ3) is 5.71. The number of hydrogen-bond acceptors (Lipinski definition) is 1. The minimum Gasteiger partial charge on any atom is -0.307 e. The van der Waals surface area contributed by atoms with E-state index in [0.29, 0.717) is 11.3 Å². The molecule has 0 aromatic rings. The fourth-order valence-corrected chi connectivity index (χ4v) is 5.07. The number of hydrogen-bond donors (Lipinski definition) is 1. The van der Waals surface area contributed by atoms with E-state index >= 15 is 0 Å². The summed E-state index contributed by atoms with van der Waals surface area (Å²) in [6.07, 6.45) is 17.9. The molecule has 1 unspecified atom stereocenters. The SMILES string of the molecule is CCCCC[C@@]1(C(C)CC)CC=C[C@H]1[C@@](C)(CCC)NCC=C(C)C. The smallest absolute Gasteiger partial charge is 0.0224 e. The van der Waals surface area contributed by atoms with E-state index in [-0.39, 0.29) is 5.54 Å². The summed E-state index contributed by atoms with van der Waals surface area (Å²) >= 11 is 0. The molecule has 146 valence electrons. The Morgan fingerprint density at radius 1 is 1.24 bits per heavy atom. The zero-order valence-corrected chi connectivity index (χ0v) is 18.3. The van der Waals surface area contributed by atoms with Crippen molar-refractivity contribution in [2.75, 3.05) is 6.54 Å². The maximum Gasteiger partial charge on any atom is 0.0224 e. The highest BCUT2D eigenvalue weighted by molar-refractivity contribution is 5.18. The van der Waals surface area contributed by atoms with E-state index in [2.05, 4.69) is 72.0 Å². The van der Waals surface area contributed by atoms with Crippen LogP contribution >= 0.6 is 0 Å². The topological polar surface area (TPSA) is 12.0 Å². The summed E-state index contributed by atoms with van der Waals surface area (Å²) in [5, 5.41) is 3.97. The van der Waals surface area contributed by atoms with Crippen molar-refractivity contribution in [1.82, 2.24) is 5.32 Å². The van der Waals surface area contributed by atoms with E-state index in [1.807, 2.05) is 0 Å². The van der Waals surface area contributed by atoms with Crippen LogP contribution in [0.2, 0.25) is 0 Å². The first kappa shape index (κ1) is 22.5.